The minimum atomic E-state index is -4.87. The molecule has 6 aromatic rings. The average molecular weight is 891 g/mol. The Labute approximate surface area is 392 Å². The minimum absolute atomic E-state index is 0.0948. The van der Waals surface area contributed by atoms with Crippen LogP contribution < -0.4 is 0 Å². The summed E-state index contributed by atoms with van der Waals surface area (Å²) in [6.07, 6.45) is 10.9. The summed E-state index contributed by atoms with van der Waals surface area (Å²) in [7, 11) is -4.87. The summed E-state index contributed by atoms with van der Waals surface area (Å²) < 4.78 is 42.3. The Morgan fingerprint density at radius 2 is 0.523 bits per heavy atom. The Bertz CT molecular complexity index is 1890. The van der Waals surface area contributed by atoms with Gasteiger partial charge in [-0.15, -0.1) is 0 Å². The summed E-state index contributed by atoms with van der Waals surface area (Å²) in [4.78, 5) is 0. The minimum Gasteiger partial charge on any atom is -0.270 e. The van der Waals surface area contributed by atoms with E-state index in [4.69, 9.17) is 13.6 Å². The molecule has 0 saturated heterocycles. The van der Waals surface area contributed by atoms with Crippen LogP contribution in [0.2, 0.25) is 0 Å². The van der Waals surface area contributed by atoms with Gasteiger partial charge in [-0.05, 0) is 89.7 Å². The van der Waals surface area contributed by atoms with Crippen molar-refractivity contribution in [2.75, 3.05) is 0 Å². The highest BCUT2D eigenvalue weighted by molar-refractivity contribution is 7.48. The average Bonchev–Trinajstić information content (AvgIpc) is 3.37. The molecule has 0 saturated carbocycles. The van der Waals surface area contributed by atoms with Gasteiger partial charge in [-0.1, -0.05) is 262 Å². The lowest BCUT2D eigenvalue weighted by atomic mass is 9.73. The highest BCUT2D eigenvalue weighted by atomic mass is 31.2. The van der Waals surface area contributed by atoms with Crippen LogP contribution in [-0.4, -0.2) is 0 Å². The van der Waals surface area contributed by atoms with E-state index in [1.807, 2.05) is 36.4 Å². The third kappa shape index (κ3) is 11.0. The van der Waals surface area contributed by atoms with Crippen molar-refractivity contribution in [1.29, 1.82) is 0 Å². The number of benzene rings is 6. The lowest BCUT2D eigenvalue weighted by molar-refractivity contribution is -0.0901. The van der Waals surface area contributed by atoms with E-state index in [1.54, 1.807) is 0 Å². The second-order valence-electron chi connectivity index (χ2n) is 17.9. The van der Waals surface area contributed by atoms with E-state index in [1.165, 1.54) is 0 Å². The molecule has 344 valence electrons. The van der Waals surface area contributed by atoms with Crippen LogP contribution >= 0.6 is 7.82 Å². The second-order valence-corrected chi connectivity index (χ2v) is 19.3. The Morgan fingerprint density at radius 1 is 0.338 bits per heavy atom. The molecule has 0 heterocycles. The molecular formula is C60H75O4P. The number of phosphoric ester groups is 1. The Kier molecular flexibility index (Phi) is 18.6. The van der Waals surface area contributed by atoms with Crippen molar-refractivity contribution in [3.05, 3.63) is 215 Å². The van der Waals surface area contributed by atoms with Gasteiger partial charge in [0.25, 0.3) is 0 Å². The summed E-state index contributed by atoms with van der Waals surface area (Å²) in [6, 6.07) is 62.8. The fraction of sp³-hybridized carbons (Fsp3) is 0.400. The monoisotopic (exact) mass is 891 g/mol. The summed E-state index contributed by atoms with van der Waals surface area (Å²) >= 11 is 0. The summed E-state index contributed by atoms with van der Waals surface area (Å²) in [5, 5.41) is 0. The van der Waals surface area contributed by atoms with E-state index in [2.05, 4.69) is 187 Å². The van der Waals surface area contributed by atoms with Crippen molar-refractivity contribution in [3.63, 3.8) is 0 Å². The van der Waals surface area contributed by atoms with Crippen LogP contribution in [-0.2, 0) is 34.9 Å². The van der Waals surface area contributed by atoms with Crippen molar-refractivity contribution in [2.24, 2.45) is 17.8 Å². The van der Waals surface area contributed by atoms with Crippen molar-refractivity contribution in [1.82, 2.24) is 0 Å². The van der Waals surface area contributed by atoms with Crippen molar-refractivity contribution >= 4 is 7.82 Å². The summed E-state index contributed by atoms with van der Waals surface area (Å²) in [5.41, 5.74) is 1.82. The maximum Gasteiger partial charge on any atom is 0.478 e. The molecule has 6 rings (SSSR count). The molecule has 65 heavy (non-hydrogen) atoms. The molecule has 0 aromatic heterocycles. The molecule has 3 unspecified atom stereocenters. The molecule has 0 amide bonds. The Balaban J connectivity index is 1.80. The molecule has 0 N–H and O–H groups in total. The van der Waals surface area contributed by atoms with E-state index in [0.29, 0.717) is 0 Å². The smallest absolute Gasteiger partial charge is 0.270 e. The van der Waals surface area contributed by atoms with Crippen molar-refractivity contribution in [2.45, 2.75) is 135 Å². The zero-order valence-corrected chi connectivity index (χ0v) is 41.0. The van der Waals surface area contributed by atoms with E-state index in [-0.39, 0.29) is 17.8 Å². The van der Waals surface area contributed by atoms with Crippen LogP contribution in [0.3, 0.4) is 0 Å². The first-order chi connectivity index (χ1) is 31.8. The van der Waals surface area contributed by atoms with Crippen LogP contribution in [0.4, 0.5) is 0 Å². The van der Waals surface area contributed by atoms with Gasteiger partial charge in [0, 0.05) is 0 Å². The lowest BCUT2D eigenvalue weighted by Crippen LogP contribution is -2.45. The molecule has 0 bridgehead atoms. The molecular weight excluding hydrogens is 816 g/mol. The van der Waals surface area contributed by atoms with Gasteiger partial charge in [-0.2, -0.15) is 0 Å². The standard InChI is InChI=1S/C60H75O4P/c1-7-13-34-49(10-4)58(52-37-22-16-23-38-52,53-39-24-17-25-40-53)62-65(61,63-59(50(11-5)35-14-8-2,54-41-26-18-27-42-54)55-43-28-19-29-44-55)64-60(51(12-6)36-15-9-3,56-45-30-20-31-46-56)57-47-32-21-33-48-57/h16-33,37-51H,7-15,34-36H2,1-6H3. The molecule has 0 aliphatic rings. The summed E-state index contributed by atoms with van der Waals surface area (Å²) in [5.74, 6) is -0.284. The molecule has 6 aromatic carbocycles. The van der Waals surface area contributed by atoms with E-state index in [0.717, 1.165) is 110 Å². The number of unbranched alkanes of at least 4 members (excludes halogenated alkanes) is 3. The van der Waals surface area contributed by atoms with Gasteiger partial charge in [0.1, 0.15) is 16.8 Å². The van der Waals surface area contributed by atoms with Gasteiger partial charge in [0.15, 0.2) is 0 Å². The molecule has 0 radical (unpaired) electrons. The van der Waals surface area contributed by atoms with Crippen LogP contribution in [0, 0.1) is 17.8 Å². The third-order valence-electron chi connectivity index (χ3n) is 13.9. The molecule has 0 aliphatic heterocycles. The molecule has 5 heteroatoms. The summed E-state index contributed by atoms with van der Waals surface area (Å²) in [6.45, 7) is 13.4. The van der Waals surface area contributed by atoms with Crippen LogP contribution in [0.1, 0.15) is 152 Å². The van der Waals surface area contributed by atoms with Crippen LogP contribution in [0.15, 0.2) is 182 Å². The van der Waals surface area contributed by atoms with Crippen molar-refractivity contribution in [3.8, 4) is 0 Å². The number of hydrogen-bond acceptors (Lipinski definition) is 4. The molecule has 4 nitrogen and oxygen atoms in total. The quantitative estimate of drug-likeness (QED) is 0.0483. The fourth-order valence-corrected chi connectivity index (χ4v) is 12.8. The van der Waals surface area contributed by atoms with Gasteiger partial charge in [-0.3, -0.25) is 13.6 Å². The highest BCUT2D eigenvalue weighted by Crippen LogP contribution is 2.69. The highest BCUT2D eigenvalue weighted by Gasteiger charge is 2.58. The molecule has 0 spiro atoms. The number of rotatable bonds is 27. The SMILES string of the molecule is CCCCC(CC)C(OP(=O)(OC(c1ccccc1)(c1ccccc1)C(CC)CCCC)OC(c1ccccc1)(c1ccccc1)C(CC)CCCC)(c1ccccc1)c1ccccc1. The van der Waals surface area contributed by atoms with Gasteiger partial charge >= 0.3 is 7.82 Å². The number of hydrogen-bond donors (Lipinski definition) is 0. The largest absolute Gasteiger partial charge is 0.478 e. The zero-order chi connectivity index (χ0) is 46.0. The van der Waals surface area contributed by atoms with Gasteiger partial charge in [0.2, 0.25) is 0 Å². The van der Waals surface area contributed by atoms with Gasteiger partial charge in [-0.25, -0.2) is 4.57 Å². The second kappa shape index (κ2) is 24.3. The topological polar surface area (TPSA) is 44.8 Å². The first-order valence-corrected chi connectivity index (χ1v) is 26.3. The predicted molar refractivity (Wildman–Crippen MR) is 272 cm³/mol. The maximum absolute atomic E-state index is 18.1. The normalized spacial score (nSPS) is 14.6. The zero-order valence-electron chi connectivity index (χ0n) is 40.1. The van der Waals surface area contributed by atoms with E-state index in [9.17, 15) is 0 Å². The molecule has 0 aliphatic carbocycles. The number of phosphoric acid groups is 1. The third-order valence-corrected chi connectivity index (χ3v) is 15.4. The lowest BCUT2D eigenvalue weighted by Gasteiger charge is -2.50. The van der Waals surface area contributed by atoms with E-state index < -0.39 is 24.6 Å². The molecule has 3 atom stereocenters. The van der Waals surface area contributed by atoms with Gasteiger partial charge < -0.3 is 0 Å². The van der Waals surface area contributed by atoms with Crippen LogP contribution in [0.5, 0.6) is 0 Å². The Hall–Kier alpha value is -4.57. The van der Waals surface area contributed by atoms with Gasteiger partial charge in [0.05, 0.1) is 0 Å². The first kappa shape index (κ1) is 49.9. The van der Waals surface area contributed by atoms with Crippen LogP contribution in [0.25, 0.3) is 0 Å². The maximum atomic E-state index is 18.1. The predicted octanol–water partition coefficient (Wildman–Crippen LogP) is 17.6. The van der Waals surface area contributed by atoms with Crippen molar-refractivity contribution < 1.29 is 18.1 Å². The fourth-order valence-electron chi connectivity index (χ4n) is 10.6. The first-order valence-electron chi connectivity index (χ1n) is 24.9. The van der Waals surface area contributed by atoms with E-state index >= 15 is 4.57 Å². The molecule has 0 fully saturated rings. The Morgan fingerprint density at radius 3 is 0.677 bits per heavy atom.